The molecule has 1 aromatic heterocycles. The predicted molar refractivity (Wildman–Crippen MR) is 58.7 cm³/mol. The van der Waals surface area contributed by atoms with Crippen molar-refractivity contribution < 1.29 is 4.79 Å². The van der Waals surface area contributed by atoms with E-state index >= 15 is 0 Å². The number of nitrogens with zero attached hydrogens (tertiary/aromatic N) is 1. The lowest BCUT2D eigenvalue weighted by Gasteiger charge is -2.10. The van der Waals surface area contributed by atoms with Gasteiger partial charge in [0.1, 0.15) is 5.69 Å². The molecule has 15 heavy (non-hydrogen) atoms. The van der Waals surface area contributed by atoms with Gasteiger partial charge in [0.25, 0.3) is 5.91 Å². The molecule has 0 aromatic carbocycles. The fourth-order valence-electron chi connectivity index (χ4n) is 1.31. The van der Waals surface area contributed by atoms with Crippen molar-refractivity contribution >= 4 is 5.91 Å². The summed E-state index contributed by atoms with van der Waals surface area (Å²) in [6.07, 6.45) is 0. The van der Waals surface area contributed by atoms with E-state index in [9.17, 15) is 4.79 Å². The average Bonchev–Trinajstić information content (AvgIpc) is 2.62. The summed E-state index contributed by atoms with van der Waals surface area (Å²) in [5.41, 5.74) is 1.34. The van der Waals surface area contributed by atoms with E-state index < -0.39 is 0 Å². The van der Waals surface area contributed by atoms with Crippen LogP contribution < -0.4 is 10.6 Å². The number of carbonyl (C=O) groups excluding carboxylic acids is 1. The lowest BCUT2D eigenvalue weighted by Crippen LogP contribution is -2.32. The maximum Gasteiger partial charge on any atom is 0.271 e. The molecule has 1 rings (SSSR count). The number of aryl methyl sites for hydroxylation is 1. The summed E-state index contributed by atoms with van der Waals surface area (Å²) in [4.78, 5) is 11.6. The Hall–Kier alpha value is -1.36. The molecule has 5 heteroatoms. The van der Waals surface area contributed by atoms with Crippen molar-refractivity contribution in [1.29, 1.82) is 0 Å². The Morgan fingerprint density at radius 2 is 2.33 bits per heavy atom. The summed E-state index contributed by atoms with van der Waals surface area (Å²) in [5, 5.41) is 12.5. The van der Waals surface area contributed by atoms with Crippen LogP contribution in [-0.2, 0) is 0 Å². The SMILES string of the molecule is CNCC(C)CNC(=O)c1cc(C)[nH]n1. The monoisotopic (exact) mass is 210 g/mol. The second-order valence-corrected chi connectivity index (χ2v) is 3.81. The van der Waals surface area contributed by atoms with Crippen LogP contribution in [0.3, 0.4) is 0 Å². The Balaban J connectivity index is 2.36. The van der Waals surface area contributed by atoms with Gasteiger partial charge in [-0.25, -0.2) is 0 Å². The second-order valence-electron chi connectivity index (χ2n) is 3.81. The molecule has 1 heterocycles. The maximum atomic E-state index is 11.6. The molecule has 0 saturated carbocycles. The van der Waals surface area contributed by atoms with Crippen LogP contribution in [0.15, 0.2) is 6.07 Å². The zero-order valence-corrected chi connectivity index (χ0v) is 9.42. The Morgan fingerprint density at radius 3 is 2.87 bits per heavy atom. The second kappa shape index (κ2) is 5.50. The van der Waals surface area contributed by atoms with Gasteiger partial charge in [0.2, 0.25) is 0 Å². The standard InChI is InChI=1S/C10H18N4O/c1-7(5-11-3)6-12-10(15)9-4-8(2)13-14-9/h4,7,11H,5-6H2,1-3H3,(H,12,15)(H,13,14). The normalized spacial score (nSPS) is 12.5. The molecule has 0 aliphatic heterocycles. The van der Waals surface area contributed by atoms with E-state index in [0.29, 0.717) is 18.2 Å². The number of rotatable bonds is 5. The third-order valence-electron chi connectivity index (χ3n) is 2.10. The van der Waals surface area contributed by atoms with Crippen LogP contribution in [0, 0.1) is 12.8 Å². The van der Waals surface area contributed by atoms with Crippen molar-refractivity contribution in [1.82, 2.24) is 20.8 Å². The quantitative estimate of drug-likeness (QED) is 0.655. The Morgan fingerprint density at radius 1 is 1.60 bits per heavy atom. The first-order valence-electron chi connectivity index (χ1n) is 5.08. The molecule has 0 aliphatic rings. The molecule has 1 unspecified atom stereocenters. The summed E-state index contributed by atoms with van der Waals surface area (Å²) in [6, 6.07) is 1.73. The van der Waals surface area contributed by atoms with Crippen molar-refractivity contribution in [3.63, 3.8) is 0 Å². The highest BCUT2D eigenvalue weighted by Gasteiger charge is 2.09. The molecule has 0 spiro atoms. The molecule has 1 atom stereocenters. The molecule has 1 amide bonds. The fourth-order valence-corrected chi connectivity index (χ4v) is 1.31. The van der Waals surface area contributed by atoms with Gasteiger partial charge in [-0.3, -0.25) is 9.89 Å². The van der Waals surface area contributed by atoms with Gasteiger partial charge in [-0.05, 0) is 32.5 Å². The van der Waals surface area contributed by atoms with Gasteiger partial charge in [-0.1, -0.05) is 6.92 Å². The van der Waals surface area contributed by atoms with E-state index in [4.69, 9.17) is 0 Å². The van der Waals surface area contributed by atoms with Gasteiger partial charge in [0.05, 0.1) is 0 Å². The minimum absolute atomic E-state index is 0.123. The highest BCUT2D eigenvalue weighted by Crippen LogP contribution is 1.98. The molecule has 0 radical (unpaired) electrons. The summed E-state index contributed by atoms with van der Waals surface area (Å²) in [7, 11) is 1.90. The van der Waals surface area contributed by atoms with Crippen molar-refractivity contribution in [2.75, 3.05) is 20.1 Å². The van der Waals surface area contributed by atoms with Gasteiger partial charge in [-0.15, -0.1) is 0 Å². The van der Waals surface area contributed by atoms with Crippen LogP contribution in [0.4, 0.5) is 0 Å². The number of H-pyrrole nitrogens is 1. The topological polar surface area (TPSA) is 69.8 Å². The number of hydrogen-bond acceptors (Lipinski definition) is 3. The Labute approximate surface area is 89.6 Å². The Kier molecular flexibility index (Phi) is 4.30. The van der Waals surface area contributed by atoms with Crippen LogP contribution in [-0.4, -0.2) is 36.2 Å². The maximum absolute atomic E-state index is 11.6. The number of nitrogens with one attached hydrogen (secondary N) is 3. The third kappa shape index (κ3) is 3.71. The van der Waals surface area contributed by atoms with Gasteiger partial charge in [0, 0.05) is 12.2 Å². The van der Waals surface area contributed by atoms with E-state index in [2.05, 4.69) is 27.8 Å². The minimum Gasteiger partial charge on any atom is -0.350 e. The minimum atomic E-state index is -0.123. The van der Waals surface area contributed by atoms with Gasteiger partial charge >= 0.3 is 0 Å². The zero-order valence-electron chi connectivity index (χ0n) is 9.42. The fraction of sp³-hybridized carbons (Fsp3) is 0.600. The molecule has 84 valence electrons. The van der Waals surface area contributed by atoms with Gasteiger partial charge in [0.15, 0.2) is 0 Å². The molecule has 0 bridgehead atoms. The van der Waals surface area contributed by atoms with Crippen molar-refractivity contribution in [2.24, 2.45) is 5.92 Å². The lowest BCUT2D eigenvalue weighted by atomic mass is 10.2. The van der Waals surface area contributed by atoms with Crippen molar-refractivity contribution in [3.05, 3.63) is 17.5 Å². The largest absolute Gasteiger partial charge is 0.350 e. The molecule has 1 aromatic rings. The van der Waals surface area contributed by atoms with Crippen molar-refractivity contribution in [3.8, 4) is 0 Å². The highest BCUT2D eigenvalue weighted by molar-refractivity contribution is 5.92. The average molecular weight is 210 g/mol. The van der Waals surface area contributed by atoms with Gasteiger partial charge in [-0.2, -0.15) is 5.10 Å². The van der Waals surface area contributed by atoms with Crippen LogP contribution in [0.1, 0.15) is 23.1 Å². The van der Waals surface area contributed by atoms with E-state index in [1.165, 1.54) is 0 Å². The van der Waals surface area contributed by atoms with E-state index in [1.54, 1.807) is 6.07 Å². The summed E-state index contributed by atoms with van der Waals surface area (Å²) in [6.45, 7) is 5.49. The number of hydrogen-bond donors (Lipinski definition) is 3. The third-order valence-corrected chi connectivity index (χ3v) is 2.10. The molecular weight excluding hydrogens is 192 g/mol. The number of aromatic nitrogens is 2. The van der Waals surface area contributed by atoms with Crippen molar-refractivity contribution in [2.45, 2.75) is 13.8 Å². The van der Waals surface area contributed by atoms with Gasteiger partial charge < -0.3 is 10.6 Å². The zero-order chi connectivity index (χ0) is 11.3. The number of amides is 1. The lowest BCUT2D eigenvalue weighted by molar-refractivity contribution is 0.0943. The van der Waals surface area contributed by atoms with Crippen LogP contribution in [0.5, 0.6) is 0 Å². The van der Waals surface area contributed by atoms with Crippen LogP contribution in [0.2, 0.25) is 0 Å². The van der Waals surface area contributed by atoms with Crippen LogP contribution in [0.25, 0.3) is 0 Å². The van der Waals surface area contributed by atoms with E-state index in [-0.39, 0.29) is 5.91 Å². The summed E-state index contributed by atoms with van der Waals surface area (Å²) < 4.78 is 0. The number of carbonyl (C=O) groups is 1. The molecule has 0 fully saturated rings. The summed E-state index contributed by atoms with van der Waals surface area (Å²) in [5.74, 6) is 0.293. The van der Waals surface area contributed by atoms with Crippen LogP contribution >= 0.6 is 0 Å². The molecule has 5 nitrogen and oxygen atoms in total. The smallest absolute Gasteiger partial charge is 0.271 e. The molecule has 3 N–H and O–H groups in total. The first kappa shape index (κ1) is 11.7. The molecule has 0 saturated heterocycles. The van der Waals surface area contributed by atoms with E-state index in [0.717, 1.165) is 12.2 Å². The number of aromatic amines is 1. The highest BCUT2D eigenvalue weighted by atomic mass is 16.1. The first-order chi connectivity index (χ1) is 7.13. The molecular formula is C10H18N4O. The first-order valence-corrected chi connectivity index (χ1v) is 5.08. The Bertz CT molecular complexity index is 321. The predicted octanol–water partition coefficient (Wildman–Crippen LogP) is 0.303. The van der Waals surface area contributed by atoms with E-state index in [1.807, 2.05) is 14.0 Å². The molecule has 0 aliphatic carbocycles. The summed E-state index contributed by atoms with van der Waals surface area (Å²) >= 11 is 0.